The van der Waals surface area contributed by atoms with E-state index in [9.17, 15) is 0 Å². The van der Waals surface area contributed by atoms with Gasteiger partial charge in [0.1, 0.15) is 11.2 Å². The molecule has 2 heteroatoms. The van der Waals surface area contributed by atoms with Gasteiger partial charge in [0.05, 0.1) is 0 Å². The fourth-order valence-corrected chi connectivity index (χ4v) is 9.40. The summed E-state index contributed by atoms with van der Waals surface area (Å²) in [5.74, 6) is 7.60. The molecule has 0 aliphatic heterocycles. The molecule has 1 aromatic rings. The van der Waals surface area contributed by atoms with Crippen LogP contribution < -0.4 is 9.47 Å². The summed E-state index contributed by atoms with van der Waals surface area (Å²) in [6, 6.07) is 8.66. The summed E-state index contributed by atoms with van der Waals surface area (Å²) >= 11 is 0. The van der Waals surface area contributed by atoms with Crippen molar-refractivity contribution in [2.24, 2.45) is 35.5 Å². The van der Waals surface area contributed by atoms with E-state index in [1.54, 1.807) is 0 Å². The summed E-state index contributed by atoms with van der Waals surface area (Å²) in [7, 11) is 0. The zero-order valence-electron chi connectivity index (χ0n) is 17.1. The van der Waals surface area contributed by atoms with Crippen LogP contribution in [0.2, 0.25) is 0 Å². The highest BCUT2D eigenvalue weighted by molar-refractivity contribution is 5.41. The molecule has 0 aromatic heterocycles. The van der Waals surface area contributed by atoms with Crippen LogP contribution in [0.4, 0.5) is 0 Å². The van der Waals surface area contributed by atoms with E-state index in [-0.39, 0.29) is 11.2 Å². The number of ether oxygens (including phenoxy) is 2. The van der Waals surface area contributed by atoms with Crippen LogP contribution in [0.15, 0.2) is 24.3 Å². The zero-order chi connectivity index (χ0) is 18.3. The molecule has 0 heterocycles. The highest BCUT2D eigenvalue weighted by atomic mass is 16.5. The minimum absolute atomic E-state index is 0.107. The van der Waals surface area contributed by atoms with Gasteiger partial charge in [-0.05, 0) is 125 Å². The Labute approximate surface area is 169 Å². The van der Waals surface area contributed by atoms with E-state index in [2.05, 4.69) is 24.3 Å². The van der Waals surface area contributed by atoms with Crippen LogP contribution in [-0.4, -0.2) is 11.2 Å². The summed E-state index contributed by atoms with van der Waals surface area (Å²) in [6.45, 7) is 0. The monoisotopic (exact) mass is 378 g/mol. The van der Waals surface area contributed by atoms with Crippen LogP contribution in [0, 0.1) is 35.5 Å². The van der Waals surface area contributed by atoms with Gasteiger partial charge in [-0.2, -0.15) is 0 Å². The van der Waals surface area contributed by atoms with Gasteiger partial charge >= 0.3 is 0 Å². The SMILES string of the molecule is c1ccc(OC23CC4CC(CC(C4)C2)C3)c(OC23CC4CC(CC(C4)C2)C3)c1. The van der Waals surface area contributed by atoms with Crippen molar-refractivity contribution in [3.63, 3.8) is 0 Å². The fourth-order valence-electron chi connectivity index (χ4n) is 9.40. The Morgan fingerprint density at radius 3 is 1.07 bits per heavy atom. The van der Waals surface area contributed by atoms with Gasteiger partial charge in [0, 0.05) is 0 Å². The van der Waals surface area contributed by atoms with Crippen molar-refractivity contribution in [2.45, 2.75) is 88.3 Å². The highest BCUT2D eigenvalue weighted by Gasteiger charge is 2.54. The maximum absolute atomic E-state index is 6.93. The molecule has 0 amide bonds. The Morgan fingerprint density at radius 2 is 0.786 bits per heavy atom. The van der Waals surface area contributed by atoms with Crippen LogP contribution in [-0.2, 0) is 0 Å². The van der Waals surface area contributed by atoms with E-state index in [1.807, 2.05) is 0 Å². The maximum atomic E-state index is 6.93. The number of hydrogen-bond acceptors (Lipinski definition) is 2. The summed E-state index contributed by atoms with van der Waals surface area (Å²) in [6.07, 6.45) is 16.5. The first-order chi connectivity index (χ1) is 13.6. The van der Waals surface area contributed by atoms with Crippen LogP contribution in [0.25, 0.3) is 0 Å². The topological polar surface area (TPSA) is 18.5 Å². The van der Waals surface area contributed by atoms with Crippen molar-refractivity contribution < 1.29 is 9.47 Å². The summed E-state index contributed by atoms with van der Waals surface area (Å²) in [5.41, 5.74) is 0.214. The Kier molecular flexibility index (Phi) is 3.38. The smallest absolute Gasteiger partial charge is 0.162 e. The van der Waals surface area contributed by atoms with Gasteiger partial charge in [-0.25, -0.2) is 0 Å². The minimum Gasteiger partial charge on any atom is -0.483 e. The molecule has 1 aromatic carbocycles. The quantitative estimate of drug-likeness (QED) is 0.605. The van der Waals surface area contributed by atoms with Crippen molar-refractivity contribution in [1.29, 1.82) is 0 Å². The molecule has 28 heavy (non-hydrogen) atoms. The van der Waals surface area contributed by atoms with Crippen LogP contribution in [0.1, 0.15) is 77.0 Å². The van der Waals surface area contributed by atoms with Gasteiger partial charge in [0.2, 0.25) is 0 Å². The second-order valence-electron chi connectivity index (χ2n) is 11.9. The van der Waals surface area contributed by atoms with Crippen molar-refractivity contribution in [3.8, 4) is 11.5 Å². The molecule has 9 rings (SSSR count). The summed E-state index contributed by atoms with van der Waals surface area (Å²) in [4.78, 5) is 0. The number of para-hydroxylation sites is 2. The molecule has 0 N–H and O–H groups in total. The number of hydrogen-bond donors (Lipinski definition) is 0. The first kappa shape index (κ1) is 16.6. The molecule has 0 saturated heterocycles. The molecular formula is C26H34O2. The van der Waals surface area contributed by atoms with E-state index in [1.165, 1.54) is 77.0 Å². The third-order valence-corrected chi connectivity index (χ3v) is 9.47. The molecule has 0 radical (unpaired) electrons. The van der Waals surface area contributed by atoms with Crippen LogP contribution >= 0.6 is 0 Å². The average Bonchev–Trinajstić information content (AvgIpc) is 2.60. The Hall–Kier alpha value is -1.18. The zero-order valence-corrected chi connectivity index (χ0v) is 17.1. The predicted molar refractivity (Wildman–Crippen MR) is 110 cm³/mol. The third-order valence-electron chi connectivity index (χ3n) is 9.47. The first-order valence-corrected chi connectivity index (χ1v) is 12.1. The van der Waals surface area contributed by atoms with Crippen LogP contribution in [0.3, 0.4) is 0 Å². The average molecular weight is 379 g/mol. The van der Waals surface area contributed by atoms with Crippen molar-refractivity contribution in [3.05, 3.63) is 24.3 Å². The largest absolute Gasteiger partial charge is 0.483 e. The lowest BCUT2D eigenvalue weighted by Gasteiger charge is -2.57. The molecule has 2 nitrogen and oxygen atoms in total. The minimum atomic E-state index is 0.107. The third kappa shape index (κ3) is 2.58. The second kappa shape index (κ2) is 5.70. The van der Waals surface area contributed by atoms with E-state index >= 15 is 0 Å². The van der Waals surface area contributed by atoms with E-state index in [0.717, 1.165) is 47.0 Å². The number of rotatable bonds is 4. The molecule has 150 valence electrons. The molecular weight excluding hydrogens is 344 g/mol. The Morgan fingerprint density at radius 1 is 0.500 bits per heavy atom. The molecule has 8 aliphatic rings. The lowest BCUT2D eigenvalue weighted by molar-refractivity contribution is -0.120. The van der Waals surface area contributed by atoms with Gasteiger partial charge < -0.3 is 9.47 Å². The molecule has 8 saturated carbocycles. The van der Waals surface area contributed by atoms with Gasteiger partial charge in [-0.3, -0.25) is 0 Å². The lowest BCUT2D eigenvalue weighted by atomic mass is 9.54. The molecule has 0 spiro atoms. The fraction of sp³-hybridized carbons (Fsp3) is 0.769. The standard InChI is InChI=1S/C26H34O2/c1-2-4-24(28-26-14-20-8-21(15-26)10-22(9-20)16-26)23(3-1)27-25-11-17-5-18(12-25)7-19(6-17)13-25/h1-4,17-22H,5-16H2. The second-order valence-corrected chi connectivity index (χ2v) is 11.9. The molecule has 0 atom stereocenters. The van der Waals surface area contributed by atoms with Gasteiger partial charge in [0.25, 0.3) is 0 Å². The van der Waals surface area contributed by atoms with Crippen LogP contribution in [0.5, 0.6) is 11.5 Å². The number of benzene rings is 1. The molecule has 8 aliphatic carbocycles. The van der Waals surface area contributed by atoms with E-state index < -0.39 is 0 Å². The lowest BCUT2D eigenvalue weighted by Crippen LogP contribution is -2.54. The maximum Gasteiger partial charge on any atom is 0.162 e. The Balaban J connectivity index is 1.17. The summed E-state index contributed by atoms with van der Waals surface area (Å²) in [5, 5.41) is 0. The predicted octanol–water partition coefficient (Wildman–Crippen LogP) is 6.38. The normalized spacial score (nSPS) is 50.1. The van der Waals surface area contributed by atoms with Crippen molar-refractivity contribution in [2.75, 3.05) is 0 Å². The van der Waals surface area contributed by atoms with E-state index in [4.69, 9.17) is 9.47 Å². The first-order valence-electron chi connectivity index (χ1n) is 12.1. The molecule has 8 bridgehead atoms. The van der Waals surface area contributed by atoms with Crippen molar-refractivity contribution in [1.82, 2.24) is 0 Å². The highest BCUT2D eigenvalue weighted by Crippen LogP contribution is 2.59. The molecule has 0 unspecified atom stereocenters. The van der Waals surface area contributed by atoms with Gasteiger partial charge in [-0.1, -0.05) is 12.1 Å². The summed E-state index contributed by atoms with van der Waals surface area (Å²) < 4.78 is 13.9. The molecule has 8 fully saturated rings. The van der Waals surface area contributed by atoms with Gasteiger partial charge in [-0.15, -0.1) is 0 Å². The van der Waals surface area contributed by atoms with Gasteiger partial charge in [0.15, 0.2) is 11.5 Å². The Bertz CT molecular complexity index is 645. The van der Waals surface area contributed by atoms with E-state index in [0.29, 0.717) is 0 Å². The van der Waals surface area contributed by atoms with Crippen molar-refractivity contribution >= 4 is 0 Å².